The SMILES string of the molecule is N#CC(=Cc1ccc(-c2ccc3c(c2)C(=O)NC3=O)o1)c1nc2ncc(Br)cc2[nH]1. The Morgan fingerprint density at radius 2 is 1.97 bits per heavy atom. The number of allylic oxidation sites excluding steroid dienone is 1. The van der Waals surface area contributed by atoms with E-state index in [0.717, 1.165) is 4.47 Å². The van der Waals surface area contributed by atoms with Crippen molar-refractivity contribution in [2.75, 3.05) is 0 Å². The highest BCUT2D eigenvalue weighted by Gasteiger charge is 2.27. The van der Waals surface area contributed by atoms with Crippen molar-refractivity contribution in [1.82, 2.24) is 20.3 Å². The predicted octanol–water partition coefficient (Wildman–Crippen LogP) is 3.93. The van der Waals surface area contributed by atoms with E-state index in [4.69, 9.17) is 4.42 Å². The highest BCUT2D eigenvalue weighted by molar-refractivity contribution is 9.10. The van der Waals surface area contributed by atoms with E-state index in [1.807, 2.05) is 6.07 Å². The molecule has 3 aromatic heterocycles. The number of halogens is 1. The number of nitrogens with one attached hydrogen (secondary N) is 2. The average molecular weight is 460 g/mol. The van der Waals surface area contributed by atoms with Gasteiger partial charge in [-0.05, 0) is 46.3 Å². The number of carbonyl (C=O) groups excluding carboxylic acids is 2. The number of furan rings is 1. The molecule has 0 atom stereocenters. The van der Waals surface area contributed by atoms with Crippen LogP contribution in [0, 0.1) is 11.3 Å². The maximum atomic E-state index is 11.9. The largest absolute Gasteiger partial charge is 0.457 e. The summed E-state index contributed by atoms with van der Waals surface area (Å²) < 4.78 is 6.63. The quantitative estimate of drug-likeness (QED) is 0.353. The van der Waals surface area contributed by atoms with Gasteiger partial charge in [0.25, 0.3) is 11.8 Å². The van der Waals surface area contributed by atoms with Crippen molar-refractivity contribution in [3.63, 3.8) is 0 Å². The molecule has 2 amide bonds. The van der Waals surface area contributed by atoms with Crippen molar-refractivity contribution in [3.05, 3.63) is 69.8 Å². The van der Waals surface area contributed by atoms with Gasteiger partial charge in [-0.15, -0.1) is 0 Å². The Balaban J connectivity index is 1.49. The Morgan fingerprint density at radius 3 is 2.80 bits per heavy atom. The van der Waals surface area contributed by atoms with Crippen molar-refractivity contribution < 1.29 is 14.0 Å². The molecule has 4 heterocycles. The zero-order chi connectivity index (χ0) is 20.8. The number of pyridine rings is 1. The van der Waals surface area contributed by atoms with E-state index in [-0.39, 0.29) is 5.57 Å². The second kappa shape index (κ2) is 6.79. The van der Waals surface area contributed by atoms with Crippen molar-refractivity contribution in [2.24, 2.45) is 0 Å². The molecule has 0 radical (unpaired) electrons. The maximum absolute atomic E-state index is 11.9. The first kappa shape index (κ1) is 18.0. The van der Waals surface area contributed by atoms with Crippen LogP contribution in [0.5, 0.6) is 0 Å². The van der Waals surface area contributed by atoms with E-state index in [9.17, 15) is 14.9 Å². The fourth-order valence-corrected chi connectivity index (χ4v) is 3.54. The minimum absolute atomic E-state index is 0.281. The molecule has 0 aliphatic carbocycles. The smallest absolute Gasteiger partial charge is 0.258 e. The number of imide groups is 1. The van der Waals surface area contributed by atoms with Crippen LogP contribution in [0.15, 0.2) is 51.5 Å². The van der Waals surface area contributed by atoms with Crippen molar-refractivity contribution in [3.8, 4) is 17.4 Å². The second-order valence-electron chi connectivity index (χ2n) is 6.53. The summed E-state index contributed by atoms with van der Waals surface area (Å²) >= 11 is 3.35. The Labute approximate surface area is 177 Å². The molecule has 0 spiro atoms. The minimum Gasteiger partial charge on any atom is -0.457 e. The standard InChI is InChI=1S/C21H10BrN5O3/c22-12-7-16-19(24-9-12)26-18(25-16)11(8-23)5-13-2-4-17(30-13)10-1-3-14-15(6-10)21(29)27-20(14)28/h1-7,9H,(H,24,25,26)(H,27,28,29). The first-order valence-corrected chi connectivity index (χ1v) is 9.54. The molecule has 0 saturated carbocycles. The van der Waals surface area contributed by atoms with Crippen LogP contribution in [0.1, 0.15) is 32.3 Å². The molecule has 0 bridgehead atoms. The third kappa shape index (κ3) is 3.00. The van der Waals surface area contributed by atoms with Gasteiger partial charge in [-0.3, -0.25) is 14.9 Å². The number of hydrogen-bond acceptors (Lipinski definition) is 6. The Kier molecular flexibility index (Phi) is 4.08. The number of carbonyl (C=O) groups is 2. The lowest BCUT2D eigenvalue weighted by molar-refractivity contribution is 0.0879. The summed E-state index contributed by atoms with van der Waals surface area (Å²) in [5, 5.41) is 11.8. The molecule has 144 valence electrons. The molecule has 0 unspecified atom stereocenters. The molecule has 8 nitrogen and oxygen atoms in total. The van der Waals surface area contributed by atoms with Crippen LogP contribution >= 0.6 is 15.9 Å². The predicted molar refractivity (Wildman–Crippen MR) is 111 cm³/mol. The van der Waals surface area contributed by atoms with Crippen molar-refractivity contribution >= 4 is 50.6 Å². The van der Waals surface area contributed by atoms with E-state index in [0.29, 0.717) is 45.2 Å². The number of H-pyrrole nitrogens is 1. The second-order valence-corrected chi connectivity index (χ2v) is 7.44. The number of nitrogens with zero attached hydrogens (tertiary/aromatic N) is 3. The summed E-state index contributed by atoms with van der Waals surface area (Å²) in [4.78, 5) is 35.2. The van der Waals surface area contributed by atoms with Gasteiger partial charge < -0.3 is 9.40 Å². The van der Waals surface area contributed by atoms with Gasteiger partial charge in [0, 0.05) is 22.3 Å². The lowest BCUT2D eigenvalue weighted by Crippen LogP contribution is -2.19. The summed E-state index contributed by atoms with van der Waals surface area (Å²) in [6, 6.07) is 12.3. The highest BCUT2D eigenvalue weighted by atomic mass is 79.9. The Morgan fingerprint density at radius 1 is 1.13 bits per heavy atom. The fourth-order valence-electron chi connectivity index (χ4n) is 3.20. The number of amides is 2. The van der Waals surface area contributed by atoms with Gasteiger partial charge in [0.2, 0.25) is 0 Å². The molecule has 4 aromatic rings. The number of hydrogen-bond donors (Lipinski definition) is 2. The molecule has 0 fully saturated rings. The summed E-state index contributed by atoms with van der Waals surface area (Å²) in [5.74, 6) is 0.487. The summed E-state index contributed by atoms with van der Waals surface area (Å²) in [5.41, 5.74) is 2.78. The molecule has 9 heteroatoms. The van der Waals surface area contributed by atoms with Crippen LogP contribution in [0.2, 0.25) is 0 Å². The number of nitriles is 1. The van der Waals surface area contributed by atoms with Crippen LogP contribution in [-0.4, -0.2) is 26.8 Å². The normalized spacial score (nSPS) is 13.4. The number of aromatic nitrogens is 3. The van der Waals surface area contributed by atoms with Gasteiger partial charge in [-0.25, -0.2) is 9.97 Å². The van der Waals surface area contributed by atoms with E-state index < -0.39 is 11.8 Å². The molecular formula is C21H10BrN5O3. The van der Waals surface area contributed by atoms with Gasteiger partial charge in [0.05, 0.1) is 22.2 Å². The number of rotatable bonds is 3. The summed E-state index contributed by atoms with van der Waals surface area (Å²) in [6.07, 6.45) is 3.20. The lowest BCUT2D eigenvalue weighted by atomic mass is 10.0. The third-order valence-corrected chi connectivity index (χ3v) is 5.05. The topological polar surface area (TPSA) is 125 Å². The van der Waals surface area contributed by atoms with Crippen LogP contribution in [0.25, 0.3) is 34.1 Å². The monoisotopic (exact) mass is 459 g/mol. The molecule has 5 rings (SSSR count). The molecular weight excluding hydrogens is 450 g/mol. The van der Waals surface area contributed by atoms with Crippen molar-refractivity contribution in [2.45, 2.75) is 0 Å². The van der Waals surface area contributed by atoms with Gasteiger partial charge in [0.1, 0.15) is 17.6 Å². The average Bonchev–Trinajstić information content (AvgIpc) is 3.43. The summed E-state index contributed by atoms with van der Waals surface area (Å²) in [7, 11) is 0. The fraction of sp³-hybridized carbons (Fsp3) is 0. The zero-order valence-corrected chi connectivity index (χ0v) is 16.6. The Hall–Kier alpha value is -4.03. The molecule has 0 saturated heterocycles. The van der Waals surface area contributed by atoms with Crippen LogP contribution < -0.4 is 5.32 Å². The van der Waals surface area contributed by atoms with Gasteiger partial charge in [-0.1, -0.05) is 6.07 Å². The molecule has 1 aliphatic heterocycles. The van der Waals surface area contributed by atoms with Crippen molar-refractivity contribution in [1.29, 1.82) is 5.26 Å². The maximum Gasteiger partial charge on any atom is 0.258 e. The Bertz CT molecular complexity index is 1440. The number of imidazole rings is 1. The minimum atomic E-state index is -0.430. The van der Waals surface area contributed by atoms with Gasteiger partial charge in [-0.2, -0.15) is 5.26 Å². The molecule has 30 heavy (non-hydrogen) atoms. The van der Waals surface area contributed by atoms with E-state index in [2.05, 4.69) is 42.3 Å². The number of fused-ring (bicyclic) bond motifs is 2. The van der Waals surface area contributed by atoms with Gasteiger partial charge >= 0.3 is 0 Å². The van der Waals surface area contributed by atoms with E-state index in [1.165, 1.54) is 0 Å². The zero-order valence-electron chi connectivity index (χ0n) is 15.1. The molecule has 1 aromatic carbocycles. The van der Waals surface area contributed by atoms with E-state index >= 15 is 0 Å². The number of benzene rings is 1. The van der Waals surface area contributed by atoms with Gasteiger partial charge in [0.15, 0.2) is 11.5 Å². The van der Waals surface area contributed by atoms with E-state index in [1.54, 1.807) is 42.6 Å². The van der Waals surface area contributed by atoms with Crippen LogP contribution in [-0.2, 0) is 0 Å². The molecule has 2 N–H and O–H groups in total. The molecule has 1 aliphatic rings. The van der Waals surface area contributed by atoms with Crippen LogP contribution in [0.3, 0.4) is 0 Å². The highest BCUT2D eigenvalue weighted by Crippen LogP contribution is 2.28. The third-order valence-electron chi connectivity index (χ3n) is 4.61. The first-order chi connectivity index (χ1) is 14.5. The number of aromatic amines is 1. The summed E-state index contributed by atoms with van der Waals surface area (Å²) in [6.45, 7) is 0. The van der Waals surface area contributed by atoms with Crippen LogP contribution in [0.4, 0.5) is 0 Å². The first-order valence-electron chi connectivity index (χ1n) is 8.75. The lowest BCUT2D eigenvalue weighted by Gasteiger charge is -1.99.